The first-order valence-electron chi connectivity index (χ1n) is 6.56. The second-order valence-electron chi connectivity index (χ2n) is 4.95. The molecule has 0 saturated carbocycles. The van der Waals surface area contributed by atoms with Gasteiger partial charge in [0.15, 0.2) is 0 Å². The summed E-state index contributed by atoms with van der Waals surface area (Å²) >= 11 is 0. The molecule has 1 aliphatic heterocycles. The molecule has 2 heterocycles. The number of H-pyrrole nitrogens is 1. The molecular weight excluding hydrogens is 266 g/mol. The topological polar surface area (TPSA) is 75.3 Å². The molecule has 2 rings (SSSR count). The second kappa shape index (κ2) is 5.60. The lowest BCUT2D eigenvalue weighted by molar-refractivity contribution is 0.181. The Balaban J connectivity index is 2.25. The van der Waals surface area contributed by atoms with E-state index in [0.29, 0.717) is 41.9 Å². The van der Waals surface area contributed by atoms with Gasteiger partial charge in [-0.3, -0.25) is 5.10 Å². The maximum absolute atomic E-state index is 12.7. The molecule has 1 atom stereocenters. The van der Waals surface area contributed by atoms with Crippen LogP contribution >= 0.6 is 0 Å². The van der Waals surface area contributed by atoms with Crippen molar-refractivity contribution in [1.82, 2.24) is 14.5 Å². The summed E-state index contributed by atoms with van der Waals surface area (Å²) in [5.74, 6) is 0.294. The van der Waals surface area contributed by atoms with Crippen molar-refractivity contribution < 1.29 is 13.2 Å². The molecule has 1 aromatic heterocycles. The second-order valence-corrected chi connectivity index (χ2v) is 6.82. The quantitative estimate of drug-likeness (QED) is 0.879. The molecule has 0 aliphatic carbocycles. The van der Waals surface area contributed by atoms with Crippen molar-refractivity contribution >= 4 is 10.0 Å². The molecule has 1 saturated heterocycles. The lowest BCUT2D eigenvalue weighted by Crippen LogP contribution is -2.36. The summed E-state index contributed by atoms with van der Waals surface area (Å²) in [6.07, 6.45) is 0.926. The van der Waals surface area contributed by atoms with Crippen LogP contribution in [0.3, 0.4) is 0 Å². The predicted molar refractivity (Wildman–Crippen MR) is 71.4 cm³/mol. The van der Waals surface area contributed by atoms with E-state index in [1.165, 1.54) is 4.31 Å². The van der Waals surface area contributed by atoms with Gasteiger partial charge in [0.2, 0.25) is 10.0 Å². The van der Waals surface area contributed by atoms with Crippen molar-refractivity contribution in [3.63, 3.8) is 0 Å². The highest BCUT2D eigenvalue weighted by Gasteiger charge is 2.31. The molecule has 108 valence electrons. The summed E-state index contributed by atoms with van der Waals surface area (Å²) in [6, 6.07) is 0. The molecule has 0 amide bonds. The fourth-order valence-electron chi connectivity index (χ4n) is 2.46. The van der Waals surface area contributed by atoms with E-state index < -0.39 is 10.0 Å². The largest absolute Gasteiger partial charge is 0.381 e. The lowest BCUT2D eigenvalue weighted by Gasteiger charge is -2.23. The van der Waals surface area contributed by atoms with E-state index in [1.54, 1.807) is 13.8 Å². The molecule has 1 fully saturated rings. The number of aromatic nitrogens is 2. The average molecular weight is 287 g/mol. The van der Waals surface area contributed by atoms with Gasteiger partial charge in [-0.25, -0.2) is 8.42 Å². The van der Waals surface area contributed by atoms with Crippen LogP contribution in [0.4, 0.5) is 0 Å². The van der Waals surface area contributed by atoms with E-state index in [0.717, 1.165) is 13.0 Å². The zero-order chi connectivity index (χ0) is 14.0. The van der Waals surface area contributed by atoms with E-state index in [2.05, 4.69) is 10.2 Å². The van der Waals surface area contributed by atoms with Gasteiger partial charge in [0.05, 0.1) is 18.0 Å². The Labute approximate surface area is 114 Å². The molecule has 1 aromatic rings. The number of sulfonamides is 1. The third-order valence-corrected chi connectivity index (χ3v) is 5.70. The molecule has 0 radical (unpaired) electrons. The zero-order valence-corrected chi connectivity index (χ0v) is 12.5. The number of ether oxygens (including phenoxy) is 1. The van der Waals surface area contributed by atoms with Gasteiger partial charge < -0.3 is 4.74 Å². The van der Waals surface area contributed by atoms with E-state index in [4.69, 9.17) is 4.74 Å². The molecule has 1 unspecified atom stereocenters. The smallest absolute Gasteiger partial charge is 0.246 e. The predicted octanol–water partition coefficient (Wildman–Crippen LogP) is 1.07. The first-order chi connectivity index (χ1) is 8.96. The van der Waals surface area contributed by atoms with Crippen LogP contribution in [0.15, 0.2) is 4.90 Å². The first kappa shape index (κ1) is 14.5. The molecule has 19 heavy (non-hydrogen) atoms. The number of hydrogen-bond acceptors (Lipinski definition) is 4. The van der Waals surface area contributed by atoms with Crippen molar-refractivity contribution in [2.75, 3.05) is 26.3 Å². The Bertz CT molecular complexity index is 513. The van der Waals surface area contributed by atoms with Crippen molar-refractivity contribution in [2.24, 2.45) is 5.92 Å². The number of nitrogens with zero attached hydrogens (tertiary/aromatic N) is 2. The summed E-state index contributed by atoms with van der Waals surface area (Å²) in [4.78, 5) is 0.313. The van der Waals surface area contributed by atoms with Gasteiger partial charge in [-0.05, 0) is 26.2 Å². The molecule has 0 bridgehead atoms. The number of aromatic amines is 1. The summed E-state index contributed by atoms with van der Waals surface area (Å²) in [5.41, 5.74) is 1.12. The van der Waals surface area contributed by atoms with Crippen LogP contribution < -0.4 is 0 Å². The molecule has 0 spiro atoms. The Morgan fingerprint density at radius 2 is 2.21 bits per heavy atom. The number of rotatable bonds is 5. The van der Waals surface area contributed by atoms with Gasteiger partial charge in [0, 0.05) is 19.7 Å². The van der Waals surface area contributed by atoms with Gasteiger partial charge in [-0.15, -0.1) is 0 Å². The van der Waals surface area contributed by atoms with Gasteiger partial charge >= 0.3 is 0 Å². The highest BCUT2D eigenvalue weighted by molar-refractivity contribution is 7.89. The molecule has 1 aliphatic rings. The fraction of sp³-hybridized carbons (Fsp3) is 0.750. The van der Waals surface area contributed by atoms with Crippen LogP contribution in [-0.2, 0) is 14.8 Å². The maximum atomic E-state index is 12.7. The Hall–Kier alpha value is -0.920. The molecular formula is C12H21N3O3S. The average Bonchev–Trinajstić information content (AvgIpc) is 2.96. The van der Waals surface area contributed by atoms with Gasteiger partial charge in [-0.1, -0.05) is 6.92 Å². The van der Waals surface area contributed by atoms with Crippen LogP contribution in [-0.4, -0.2) is 49.2 Å². The zero-order valence-electron chi connectivity index (χ0n) is 11.6. The molecule has 0 aromatic carbocycles. The van der Waals surface area contributed by atoms with Crippen LogP contribution in [0.5, 0.6) is 0 Å². The minimum Gasteiger partial charge on any atom is -0.381 e. The maximum Gasteiger partial charge on any atom is 0.246 e. The van der Waals surface area contributed by atoms with Crippen LogP contribution in [0.1, 0.15) is 24.7 Å². The summed E-state index contributed by atoms with van der Waals surface area (Å²) in [6.45, 7) is 7.66. The Morgan fingerprint density at radius 1 is 1.47 bits per heavy atom. The van der Waals surface area contributed by atoms with Crippen molar-refractivity contribution in [2.45, 2.75) is 32.1 Å². The van der Waals surface area contributed by atoms with Crippen molar-refractivity contribution in [3.05, 3.63) is 11.4 Å². The summed E-state index contributed by atoms with van der Waals surface area (Å²) < 4.78 is 32.2. The Morgan fingerprint density at radius 3 is 2.68 bits per heavy atom. The van der Waals surface area contributed by atoms with E-state index >= 15 is 0 Å². The molecule has 1 N–H and O–H groups in total. The van der Waals surface area contributed by atoms with Crippen LogP contribution in [0.25, 0.3) is 0 Å². The van der Waals surface area contributed by atoms with Gasteiger partial charge in [0.1, 0.15) is 4.90 Å². The SMILES string of the molecule is CCN(CC1CCOC1)S(=O)(=O)c1c(C)n[nH]c1C. The third kappa shape index (κ3) is 2.82. The summed E-state index contributed by atoms with van der Waals surface area (Å²) in [5, 5.41) is 6.71. The highest BCUT2D eigenvalue weighted by atomic mass is 32.2. The van der Waals surface area contributed by atoms with Gasteiger partial charge in [0.25, 0.3) is 0 Å². The highest BCUT2D eigenvalue weighted by Crippen LogP contribution is 2.24. The lowest BCUT2D eigenvalue weighted by atomic mass is 10.1. The standard InChI is InChI=1S/C12H21N3O3S/c1-4-15(7-11-5-6-18-8-11)19(16,17)12-9(2)13-14-10(12)3/h11H,4-8H2,1-3H3,(H,13,14). The normalized spacial score (nSPS) is 20.3. The van der Waals surface area contributed by atoms with Crippen molar-refractivity contribution in [1.29, 1.82) is 0 Å². The van der Waals surface area contributed by atoms with Crippen LogP contribution in [0, 0.1) is 19.8 Å². The monoisotopic (exact) mass is 287 g/mol. The number of nitrogens with one attached hydrogen (secondary N) is 1. The number of aryl methyl sites for hydroxylation is 2. The van der Waals surface area contributed by atoms with Gasteiger partial charge in [-0.2, -0.15) is 9.40 Å². The fourth-order valence-corrected chi connectivity index (χ4v) is 4.32. The molecule has 6 nitrogen and oxygen atoms in total. The minimum absolute atomic E-state index is 0.294. The first-order valence-corrected chi connectivity index (χ1v) is 8.00. The van der Waals surface area contributed by atoms with Crippen molar-refractivity contribution in [3.8, 4) is 0 Å². The summed E-state index contributed by atoms with van der Waals surface area (Å²) in [7, 11) is -3.47. The Kier molecular flexibility index (Phi) is 4.27. The molecule has 7 heteroatoms. The van der Waals surface area contributed by atoms with E-state index in [9.17, 15) is 8.42 Å². The van der Waals surface area contributed by atoms with E-state index in [1.807, 2.05) is 6.92 Å². The van der Waals surface area contributed by atoms with E-state index in [-0.39, 0.29) is 0 Å². The minimum atomic E-state index is -3.47. The third-order valence-electron chi connectivity index (χ3n) is 3.50. The van der Waals surface area contributed by atoms with Crippen LogP contribution in [0.2, 0.25) is 0 Å². The number of hydrogen-bond donors (Lipinski definition) is 1.